The first-order valence-corrected chi connectivity index (χ1v) is 7.02. The molecule has 0 bridgehead atoms. The zero-order valence-corrected chi connectivity index (χ0v) is 12.7. The van der Waals surface area contributed by atoms with Crippen molar-refractivity contribution in [1.29, 1.82) is 0 Å². The number of nitrogens with one attached hydrogen (secondary N) is 1. The second kappa shape index (κ2) is 8.94. The Kier molecular flexibility index (Phi) is 7.15. The number of hydrogen-bond acceptors (Lipinski definition) is 1. The largest absolute Gasteiger partial charge is 0.385 e. The second-order valence-corrected chi connectivity index (χ2v) is 4.53. The number of quaternary nitrogens is 1. The predicted molar refractivity (Wildman–Crippen MR) is 89.5 cm³/mol. The number of nitrogens with two attached hydrogens (primary N) is 1. The van der Waals surface area contributed by atoms with Gasteiger partial charge < -0.3 is 10.6 Å². The van der Waals surface area contributed by atoms with Crippen molar-refractivity contribution in [2.75, 3.05) is 18.9 Å². The fourth-order valence-corrected chi connectivity index (χ4v) is 1.88. The molecule has 0 spiro atoms. The van der Waals surface area contributed by atoms with Crippen molar-refractivity contribution in [3.05, 3.63) is 72.0 Å². The first-order chi connectivity index (χ1) is 9.71. The maximum atomic E-state index is 3.77. The molecule has 0 saturated heterocycles. The van der Waals surface area contributed by atoms with Gasteiger partial charge in [0.1, 0.15) is 0 Å². The van der Waals surface area contributed by atoms with Gasteiger partial charge in [0, 0.05) is 12.2 Å². The third-order valence-electron chi connectivity index (χ3n) is 2.90. The van der Waals surface area contributed by atoms with Crippen molar-refractivity contribution in [3.8, 4) is 0 Å². The molecule has 2 heteroatoms. The van der Waals surface area contributed by atoms with Crippen molar-refractivity contribution >= 4 is 11.8 Å². The molecule has 0 unspecified atom stereocenters. The van der Waals surface area contributed by atoms with E-state index in [0.717, 1.165) is 12.2 Å². The van der Waals surface area contributed by atoms with Crippen molar-refractivity contribution in [2.45, 2.75) is 13.8 Å². The summed E-state index contributed by atoms with van der Waals surface area (Å²) in [7, 11) is 2.01. The minimum Gasteiger partial charge on any atom is -0.385 e. The van der Waals surface area contributed by atoms with Gasteiger partial charge in [0.2, 0.25) is 0 Å². The van der Waals surface area contributed by atoms with Gasteiger partial charge in [0.15, 0.2) is 0 Å². The molecule has 1 aromatic rings. The molecule has 106 valence electrons. The van der Waals surface area contributed by atoms with E-state index in [4.69, 9.17) is 0 Å². The van der Waals surface area contributed by atoms with Gasteiger partial charge in [-0.05, 0) is 48.8 Å². The Balaban J connectivity index is 2.92. The molecule has 0 aliphatic heterocycles. The minimum absolute atomic E-state index is 0.943. The van der Waals surface area contributed by atoms with Crippen molar-refractivity contribution < 1.29 is 5.32 Å². The summed E-state index contributed by atoms with van der Waals surface area (Å²) in [5.41, 5.74) is 4.76. The summed E-state index contributed by atoms with van der Waals surface area (Å²) in [5.74, 6) is 0. The summed E-state index contributed by atoms with van der Waals surface area (Å²) in [5, 5.41) is 5.32. The molecular formula is C18H25N2+. The Morgan fingerprint density at radius 1 is 1.30 bits per heavy atom. The van der Waals surface area contributed by atoms with Crippen LogP contribution in [-0.4, -0.2) is 13.6 Å². The Morgan fingerprint density at radius 2 is 2.00 bits per heavy atom. The Morgan fingerprint density at radius 3 is 2.55 bits per heavy atom. The highest BCUT2D eigenvalue weighted by Gasteiger charge is 1.97. The van der Waals surface area contributed by atoms with Crippen molar-refractivity contribution in [2.24, 2.45) is 0 Å². The van der Waals surface area contributed by atoms with Gasteiger partial charge >= 0.3 is 0 Å². The maximum absolute atomic E-state index is 3.77. The third kappa shape index (κ3) is 5.29. The molecule has 0 amide bonds. The van der Waals surface area contributed by atoms with Crippen molar-refractivity contribution in [1.82, 2.24) is 0 Å². The van der Waals surface area contributed by atoms with Gasteiger partial charge in [-0.15, -0.1) is 0 Å². The van der Waals surface area contributed by atoms with Crippen LogP contribution in [0.5, 0.6) is 0 Å². The summed E-state index contributed by atoms with van der Waals surface area (Å²) in [6.45, 7) is 8.93. The van der Waals surface area contributed by atoms with Gasteiger partial charge in [0.05, 0.1) is 13.2 Å². The Labute approximate surface area is 122 Å². The summed E-state index contributed by atoms with van der Waals surface area (Å²) in [6, 6.07) is 8.47. The van der Waals surface area contributed by atoms with Gasteiger partial charge in [-0.2, -0.15) is 0 Å². The lowest BCUT2D eigenvalue weighted by molar-refractivity contribution is -0.556. The second-order valence-electron chi connectivity index (χ2n) is 4.53. The molecule has 1 aromatic carbocycles. The van der Waals surface area contributed by atoms with E-state index in [-0.39, 0.29) is 0 Å². The molecule has 1 rings (SSSR count). The molecule has 0 heterocycles. The van der Waals surface area contributed by atoms with Crippen LogP contribution in [0.2, 0.25) is 0 Å². The molecule has 20 heavy (non-hydrogen) atoms. The standard InChI is InChI=1S/C18H24N2/c1-5-7-17(12-13-19-4)15(3)14-16-8-10-18(11-9-16)20-6-2/h5,7-14,19-20H,1,6H2,2-4H3/p+1/b13-12-,15-14+,17-7+. The molecule has 0 atom stereocenters. The molecule has 0 radical (unpaired) electrons. The minimum atomic E-state index is 0.943. The van der Waals surface area contributed by atoms with Crippen LogP contribution < -0.4 is 10.6 Å². The van der Waals surface area contributed by atoms with Crippen LogP contribution in [0.25, 0.3) is 6.08 Å². The van der Waals surface area contributed by atoms with Gasteiger partial charge in [-0.25, -0.2) is 0 Å². The maximum Gasteiger partial charge on any atom is 0.0929 e. The monoisotopic (exact) mass is 269 g/mol. The van der Waals surface area contributed by atoms with Crippen LogP contribution in [0.15, 0.2) is 66.4 Å². The van der Waals surface area contributed by atoms with Crippen LogP contribution in [0, 0.1) is 0 Å². The van der Waals surface area contributed by atoms with E-state index in [1.807, 2.05) is 30.7 Å². The Hall–Kier alpha value is -2.06. The number of hydrogen-bond donors (Lipinski definition) is 2. The van der Waals surface area contributed by atoms with Crippen LogP contribution >= 0.6 is 0 Å². The number of anilines is 1. The first-order valence-electron chi connectivity index (χ1n) is 7.02. The summed E-state index contributed by atoms with van der Waals surface area (Å²) >= 11 is 0. The Bertz CT molecular complexity index is 505. The SMILES string of the molecule is C=C/C=C(\C=C/[NH2+]C)C(/C)=C/c1ccc(NCC)cc1. The summed E-state index contributed by atoms with van der Waals surface area (Å²) in [4.78, 5) is 0. The molecule has 0 aromatic heterocycles. The lowest BCUT2D eigenvalue weighted by Gasteiger charge is -2.05. The summed E-state index contributed by atoms with van der Waals surface area (Å²) in [6.07, 6.45) is 10.2. The van der Waals surface area contributed by atoms with Crippen LogP contribution in [-0.2, 0) is 0 Å². The topological polar surface area (TPSA) is 28.6 Å². The first kappa shape index (κ1) is 16.0. The lowest BCUT2D eigenvalue weighted by atomic mass is 10.0. The van der Waals surface area contributed by atoms with Gasteiger partial charge in [-0.3, -0.25) is 0 Å². The number of allylic oxidation sites excluding steroid dienone is 5. The van der Waals surface area contributed by atoms with Crippen LogP contribution in [0.3, 0.4) is 0 Å². The number of rotatable bonds is 7. The van der Waals surface area contributed by atoms with E-state index >= 15 is 0 Å². The normalized spacial score (nSPS) is 12.8. The van der Waals surface area contributed by atoms with Gasteiger partial charge in [0.25, 0.3) is 0 Å². The quantitative estimate of drug-likeness (QED) is 0.730. The predicted octanol–water partition coefficient (Wildman–Crippen LogP) is 3.34. The molecular weight excluding hydrogens is 244 g/mol. The molecule has 0 aliphatic carbocycles. The molecule has 0 fully saturated rings. The fraction of sp³-hybridized carbons (Fsp3) is 0.222. The fourth-order valence-electron chi connectivity index (χ4n) is 1.88. The average molecular weight is 269 g/mol. The molecule has 2 nitrogen and oxygen atoms in total. The van der Waals surface area contributed by atoms with Crippen LogP contribution in [0.1, 0.15) is 19.4 Å². The zero-order valence-electron chi connectivity index (χ0n) is 12.7. The highest BCUT2D eigenvalue weighted by molar-refractivity contribution is 5.62. The van der Waals surface area contributed by atoms with Crippen LogP contribution in [0.4, 0.5) is 5.69 Å². The summed E-state index contributed by atoms with van der Waals surface area (Å²) < 4.78 is 0. The molecule has 0 aliphatic rings. The highest BCUT2D eigenvalue weighted by Crippen LogP contribution is 2.17. The third-order valence-corrected chi connectivity index (χ3v) is 2.90. The lowest BCUT2D eigenvalue weighted by Crippen LogP contribution is -2.72. The van der Waals surface area contributed by atoms with E-state index in [0.29, 0.717) is 0 Å². The van der Waals surface area contributed by atoms with E-state index in [1.54, 1.807) is 0 Å². The number of benzene rings is 1. The zero-order chi connectivity index (χ0) is 14.8. The molecule has 3 N–H and O–H groups in total. The highest BCUT2D eigenvalue weighted by atomic mass is 14.8. The van der Waals surface area contributed by atoms with E-state index in [9.17, 15) is 0 Å². The van der Waals surface area contributed by atoms with E-state index in [2.05, 4.69) is 62.2 Å². The van der Waals surface area contributed by atoms with Gasteiger partial charge in [-0.1, -0.05) is 36.9 Å². The van der Waals surface area contributed by atoms with E-state index in [1.165, 1.54) is 16.7 Å². The van der Waals surface area contributed by atoms with Crippen molar-refractivity contribution in [3.63, 3.8) is 0 Å². The average Bonchev–Trinajstić information content (AvgIpc) is 2.45. The van der Waals surface area contributed by atoms with E-state index < -0.39 is 0 Å². The smallest absolute Gasteiger partial charge is 0.0929 e. The molecule has 0 saturated carbocycles.